The second-order valence-electron chi connectivity index (χ2n) is 0.877. The summed E-state index contributed by atoms with van der Waals surface area (Å²) in [6.07, 6.45) is -0.796. The summed E-state index contributed by atoms with van der Waals surface area (Å²) in [6, 6.07) is 0. The number of rotatable bonds is 1. The Bertz CT molecular complexity index is 18.9. The molecular formula is C3H6O2. The highest BCUT2D eigenvalue weighted by Gasteiger charge is 1.86. The molecule has 1 atom stereocenters. The van der Waals surface area contributed by atoms with E-state index in [2.05, 4.69) is 0 Å². The van der Waals surface area contributed by atoms with E-state index in [1.807, 2.05) is 0 Å². The molecule has 1 N–H and O–H groups in total. The smallest absolute Gasteiger partial charge is 0.150 e. The lowest BCUT2D eigenvalue weighted by Crippen LogP contribution is -1.95. The van der Waals surface area contributed by atoms with Crippen LogP contribution in [0.2, 0.25) is 0 Å². The van der Waals surface area contributed by atoms with Crippen LogP contribution in [0.25, 0.3) is 0 Å². The van der Waals surface area contributed by atoms with Crippen LogP contribution < -0.4 is 0 Å². The minimum atomic E-state index is -0.796. The molecule has 0 fully saturated rings. The Kier molecular flexibility index (Phi) is 2.14. The molecule has 0 amide bonds. The molecule has 0 aromatic carbocycles. The van der Waals surface area contributed by atoms with E-state index < -0.39 is 6.10 Å². The fourth-order valence-corrected chi connectivity index (χ4v) is 0. The van der Waals surface area contributed by atoms with Crippen LogP contribution in [0, 0.1) is 6.61 Å². The number of aliphatic hydroxyl groups is 1. The van der Waals surface area contributed by atoms with E-state index in [9.17, 15) is 5.11 Å². The van der Waals surface area contributed by atoms with Crippen LogP contribution in [0.4, 0.5) is 0 Å². The first-order valence-corrected chi connectivity index (χ1v) is 1.40. The minimum Gasteiger partial charge on any atom is -0.390 e. The van der Waals surface area contributed by atoms with Crippen molar-refractivity contribution in [3.8, 4) is 0 Å². The molecule has 0 spiro atoms. The van der Waals surface area contributed by atoms with Gasteiger partial charge in [0, 0.05) is 0 Å². The first-order valence-electron chi connectivity index (χ1n) is 1.40. The van der Waals surface area contributed by atoms with E-state index in [0.29, 0.717) is 6.61 Å². The zero-order valence-electron chi connectivity index (χ0n) is 3.01. The first kappa shape index (κ1) is 4.92. The monoisotopic (exact) mass is 74.0 g/mol. The zero-order valence-corrected chi connectivity index (χ0v) is 3.01. The van der Waals surface area contributed by atoms with Crippen LogP contribution in [0.5, 0.6) is 0 Å². The Morgan fingerprint density at radius 1 is 2.00 bits per heavy atom. The molecule has 0 saturated carbocycles. The fraction of sp³-hybridized carbons (Fsp3) is 0.667. The number of hydrogen-bond donors (Lipinski definition) is 1. The molecule has 0 aromatic rings. The molecule has 0 aliphatic rings. The maximum absolute atomic E-state index is 9.25. The van der Waals surface area contributed by atoms with Crippen LogP contribution >= 0.6 is 0 Å². The van der Waals surface area contributed by atoms with Gasteiger partial charge in [0.15, 0.2) is 6.61 Å². The van der Waals surface area contributed by atoms with E-state index in [0.717, 1.165) is 0 Å². The molecule has 1 unspecified atom stereocenters. The molecule has 5 heavy (non-hydrogen) atoms. The van der Waals surface area contributed by atoms with Gasteiger partial charge in [-0.3, -0.25) is 0 Å². The van der Waals surface area contributed by atoms with E-state index >= 15 is 0 Å². The number of hydrogen-bond acceptors (Lipinski definition) is 1. The van der Waals surface area contributed by atoms with Gasteiger partial charge in [-0.15, -0.1) is 0 Å². The average molecular weight is 74.1 g/mol. The van der Waals surface area contributed by atoms with Crippen LogP contribution in [0.3, 0.4) is 0 Å². The lowest BCUT2D eigenvalue weighted by Gasteiger charge is -1.86. The molecule has 2 radical (unpaired) electrons. The third-order valence-electron chi connectivity index (χ3n) is 0.197. The van der Waals surface area contributed by atoms with Gasteiger partial charge in [0.25, 0.3) is 0 Å². The van der Waals surface area contributed by atoms with E-state index in [-0.39, 0.29) is 0 Å². The Hall–Kier alpha value is -0.0800. The van der Waals surface area contributed by atoms with E-state index in [1.165, 1.54) is 6.92 Å². The maximum atomic E-state index is 9.25. The van der Waals surface area contributed by atoms with Crippen molar-refractivity contribution in [1.82, 2.24) is 0 Å². The standard InChI is InChI=1S/C3H6O2/c1-3(5)2-4/h2-3,5H,1H3. The molecular weight excluding hydrogens is 68.0 g/mol. The van der Waals surface area contributed by atoms with Crippen LogP contribution in [0.15, 0.2) is 0 Å². The zero-order chi connectivity index (χ0) is 4.28. The van der Waals surface area contributed by atoms with Crippen molar-refractivity contribution in [3.63, 3.8) is 0 Å². The van der Waals surface area contributed by atoms with Gasteiger partial charge >= 0.3 is 0 Å². The highest BCUT2D eigenvalue weighted by atomic mass is 16.3. The summed E-state index contributed by atoms with van der Waals surface area (Å²) in [4.78, 5) is 0. The van der Waals surface area contributed by atoms with Crippen molar-refractivity contribution in [2.75, 3.05) is 0 Å². The van der Waals surface area contributed by atoms with Crippen LogP contribution in [-0.4, -0.2) is 11.2 Å². The van der Waals surface area contributed by atoms with Crippen molar-refractivity contribution >= 4 is 0 Å². The topological polar surface area (TPSA) is 40.1 Å². The van der Waals surface area contributed by atoms with Gasteiger partial charge in [-0.05, 0) is 6.92 Å². The molecule has 2 nitrogen and oxygen atoms in total. The molecule has 0 bridgehead atoms. The van der Waals surface area contributed by atoms with Crippen LogP contribution in [0.1, 0.15) is 6.92 Å². The second kappa shape index (κ2) is 2.18. The lowest BCUT2D eigenvalue weighted by molar-refractivity contribution is 0.126. The Labute approximate surface area is 31.1 Å². The maximum Gasteiger partial charge on any atom is 0.150 e. The van der Waals surface area contributed by atoms with Crippen molar-refractivity contribution in [2.24, 2.45) is 0 Å². The quantitative estimate of drug-likeness (QED) is 0.465. The van der Waals surface area contributed by atoms with Crippen LogP contribution in [-0.2, 0) is 5.11 Å². The Morgan fingerprint density at radius 3 is 2.20 bits per heavy atom. The molecule has 0 aromatic heterocycles. The fourth-order valence-electron chi connectivity index (χ4n) is 0. The normalized spacial score (nSPS) is 15.0. The predicted octanol–water partition coefficient (Wildman–Crippen LogP) is -0.0405. The molecule has 0 heterocycles. The van der Waals surface area contributed by atoms with Crippen molar-refractivity contribution in [3.05, 3.63) is 6.61 Å². The predicted molar refractivity (Wildman–Crippen MR) is 16.7 cm³/mol. The first-order chi connectivity index (χ1) is 2.27. The SMILES string of the molecule is CC(O)[CH][O]. The molecule has 0 rings (SSSR count). The molecule has 0 saturated heterocycles. The minimum absolute atomic E-state index is 0.472. The van der Waals surface area contributed by atoms with E-state index in [1.54, 1.807) is 0 Å². The van der Waals surface area contributed by atoms with Gasteiger partial charge < -0.3 is 5.11 Å². The number of aliphatic hydroxyl groups excluding tert-OH is 1. The second-order valence-corrected chi connectivity index (χ2v) is 0.877. The molecule has 30 valence electrons. The summed E-state index contributed by atoms with van der Waals surface area (Å²) in [7, 11) is 0. The molecule has 2 heteroatoms. The Morgan fingerprint density at radius 2 is 2.20 bits per heavy atom. The van der Waals surface area contributed by atoms with Gasteiger partial charge in [0.2, 0.25) is 0 Å². The van der Waals surface area contributed by atoms with Crippen molar-refractivity contribution < 1.29 is 10.2 Å². The van der Waals surface area contributed by atoms with Gasteiger partial charge in [-0.2, -0.15) is 0 Å². The highest BCUT2D eigenvalue weighted by Crippen LogP contribution is 1.77. The summed E-state index contributed by atoms with van der Waals surface area (Å²) in [5.41, 5.74) is 0. The van der Waals surface area contributed by atoms with Gasteiger partial charge in [-0.25, -0.2) is 5.11 Å². The summed E-state index contributed by atoms with van der Waals surface area (Å²) < 4.78 is 0. The average Bonchev–Trinajstić information content (AvgIpc) is 1.38. The van der Waals surface area contributed by atoms with Gasteiger partial charge in [0.1, 0.15) is 0 Å². The van der Waals surface area contributed by atoms with Gasteiger partial charge in [0.05, 0.1) is 6.10 Å². The third-order valence-corrected chi connectivity index (χ3v) is 0.197. The summed E-state index contributed by atoms with van der Waals surface area (Å²) >= 11 is 0. The highest BCUT2D eigenvalue weighted by molar-refractivity contribution is 4.50. The largest absolute Gasteiger partial charge is 0.390 e. The van der Waals surface area contributed by atoms with Crippen molar-refractivity contribution in [2.45, 2.75) is 13.0 Å². The molecule has 0 aliphatic carbocycles. The Balaban J connectivity index is 2.54. The van der Waals surface area contributed by atoms with E-state index in [4.69, 9.17) is 5.11 Å². The van der Waals surface area contributed by atoms with Crippen molar-refractivity contribution in [1.29, 1.82) is 0 Å². The summed E-state index contributed by atoms with van der Waals surface area (Å²) in [6.45, 7) is 1.88. The van der Waals surface area contributed by atoms with Gasteiger partial charge in [-0.1, -0.05) is 0 Å². The summed E-state index contributed by atoms with van der Waals surface area (Å²) in [5, 5.41) is 17.2. The molecule has 0 aliphatic heterocycles. The third kappa shape index (κ3) is 3.92. The lowest BCUT2D eigenvalue weighted by atomic mass is 10.5. The summed E-state index contributed by atoms with van der Waals surface area (Å²) in [5.74, 6) is 0.